The molecule has 3 rings (SSSR count). The third-order valence-corrected chi connectivity index (χ3v) is 4.66. The van der Waals surface area contributed by atoms with Crippen LogP contribution < -0.4 is 4.74 Å². The molecule has 1 aliphatic carbocycles. The molecule has 4 amide bonds. The monoisotopic (exact) mass is 330 g/mol. The Balaban J connectivity index is 1.59. The molecule has 0 bridgehead atoms. The summed E-state index contributed by atoms with van der Waals surface area (Å²) in [6.07, 6.45) is 4.47. The normalized spacial score (nSPS) is 18.8. The van der Waals surface area contributed by atoms with Crippen molar-refractivity contribution in [3.8, 4) is 5.75 Å². The fraction of sp³-hybridized carbons (Fsp3) is 0.500. The number of carbonyl (C=O) groups excluding carboxylic acids is 3. The second-order valence-corrected chi connectivity index (χ2v) is 6.20. The topological polar surface area (TPSA) is 66.9 Å². The Labute approximate surface area is 141 Å². The van der Waals surface area contributed by atoms with Crippen LogP contribution in [0, 0.1) is 0 Å². The van der Waals surface area contributed by atoms with Gasteiger partial charge in [-0.25, -0.2) is 4.79 Å². The van der Waals surface area contributed by atoms with E-state index < -0.39 is 17.8 Å². The summed E-state index contributed by atoms with van der Waals surface area (Å²) < 4.78 is 5.63. The van der Waals surface area contributed by atoms with Gasteiger partial charge in [0.1, 0.15) is 12.4 Å². The van der Waals surface area contributed by atoms with Gasteiger partial charge in [0.05, 0.1) is 6.54 Å². The third-order valence-electron chi connectivity index (χ3n) is 4.66. The predicted octanol–water partition coefficient (Wildman–Crippen LogP) is 2.36. The van der Waals surface area contributed by atoms with Crippen molar-refractivity contribution in [3.05, 3.63) is 29.8 Å². The molecular weight excluding hydrogens is 308 g/mol. The van der Waals surface area contributed by atoms with Crippen LogP contribution in [0.25, 0.3) is 0 Å². The molecule has 128 valence electrons. The number of imide groups is 2. The van der Waals surface area contributed by atoms with E-state index in [1.54, 1.807) is 0 Å². The fourth-order valence-electron chi connectivity index (χ4n) is 3.31. The van der Waals surface area contributed by atoms with Crippen LogP contribution >= 0.6 is 0 Å². The van der Waals surface area contributed by atoms with Crippen LogP contribution in [0.2, 0.25) is 0 Å². The van der Waals surface area contributed by atoms with E-state index >= 15 is 0 Å². The Morgan fingerprint density at radius 3 is 2.58 bits per heavy atom. The smallest absolute Gasteiger partial charge is 0.334 e. The van der Waals surface area contributed by atoms with Crippen LogP contribution in [-0.2, 0) is 16.0 Å². The van der Waals surface area contributed by atoms with Crippen LogP contribution in [0.4, 0.5) is 4.79 Å². The van der Waals surface area contributed by atoms with E-state index in [0.29, 0.717) is 5.75 Å². The predicted molar refractivity (Wildman–Crippen MR) is 87.5 cm³/mol. The Hall–Kier alpha value is -2.37. The van der Waals surface area contributed by atoms with Crippen molar-refractivity contribution in [2.45, 2.75) is 45.1 Å². The maximum atomic E-state index is 12.4. The van der Waals surface area contributed by atoms with Crippen molar-refractivity contribution in [2.24, 2.45) is 0 Å². The first-order chi connectivity index (χ1) is 11.6. The van der Waals surface area contributed by atoms with Gasteiger partial charge >= 0.3 is 17.8 Å². The van der Waals surface area contributed by atoms with E-state index in [9.17, 15) is 14.4 Å². The summed E-state index contributed by atoms with van der Waals surface area (Å²) in [5, 5.41) is 0. The van der Waals surface area contributed by atoms with Gasteiger partial charge in [0.2, 0.25) is 0 Å². The molecule has 6 heteroatoms. The summed E-state index contributed by atoms with van der Waals surface area (Å²) in [6, 6.07) is 7.07. The van der Waals surface area contributed by atoms with E-state index in [4.69, 9.17) is 4.74 Å². The van der Waals surface area contributed by atoms with E-state index in [1.807, 2.05) is 24.3 Å². The first kappa shape index (κ1) is 16.5. The minimum Gasteiger partial charge on any atom is -0.492 e. The summed E-state index contributed by atoms with van der Waals surface area (Å²) >= 11 is 0. The number of nitrogens with zero attached hydrogens (tertiary/aromatic N) is 2. The van der Waals surface area contributed by atoms with E-state index in [2.05, 4.69) is 6.92 Å². The van der Waals surface area contributed by atoms with Gasteiger partial charge in [-0.05, 0) is 37.0 Å². The molecule has 1 aromatic rings. The van der Waals surface area contributed by atoms with Crippen LogP contribution in [0.3, 0.4) is 0 Å². The quantitative estimate of drug-likeness (QED) is 0.593. The molecule has 24 heavy (non-hydrogen) atoms. The second-order valence-electron chi connectivity index (χ2n) is 6.20. The lowest BCUT2D eigenvalue weighted by molar-refractivity contribution is -0.144. The molecule has 1 aliphatic heterocycles. The number of amides is 4. The van der Waals surface area contributed by atoms with E-state index in [0.717, 1.165) is 47.5 Å². The van der Waals surface area contributed by atoms with Crippen LogP contribution in [0.1, 0.15) is 38.2 Å². The lowest BCUT2D eigenvalue weighted by atomic mass is 10.2. The zero-order chi connectivity index (χ0) is 17.1. The van der Waals surface area contributed by atoms with Gasteiger partial charge in [0.15, 0.2) is 0 Å². The van der Waals surface area contributed by atoms with Gasteiger partial charge < -0.3 is 4.74 Å². The minimum atomic E-state index is -0.738. The van der Waals surface area contributed by atoms with Crippen molar-refractivity contribution in [3.63, 3.8) is 0 Å². The minimum absolute atomic E-state index is 0.0863. The summed E-state index contributed by atoms with van der Waals surface area (Å²) in [6.45, 7) is 2.32. The SMILES string of the molecule is CCc1cccc(OCCN2C(=O)C(=O)N(C3CCCC3)C2=O)c1. The van der Waals surface area contributed by atoms with Gasteiger partial charge in [0, 0.05) is 6.04 Å². The maximum absolute atomic E-state index is 12.4. The number of ether oxygens (including phenoxy) is 1. The average molecular weight is 330 g/mol. The molecule has 1 saturated carbocycles. The second kappa shape index (κ2) is 7.03. The van der Waals surface area contributed by atoms with E-state index in [1.165, 1.54) is 0 Å². The molecule has 1 saturated heterocycles. The number of hydrogen-bond donors (Lipinski definition) is 0. The molecule has 1 heterocycles. The van der Waals surface area contributed by atoms with Gasteiger partial charge in [-0.2, -0.15) is 0 Å². The summed E-state index contributed by atoms with van der Waals surface area (Å²) in [7, 11) is 0. The Bertz CT molecular complexity index is 652. The molecule has 0 N–H and O–H groups in total. The Morgan fingerprint density at radius 1 is 1.12 bits per heavy atom. The van der Waals surface area contributed by atoms with Gasteiger partial charge in [-0.3, -0.25) is 19.4 Å². The molecule has 0 atom stereocenters. The number of carbonyl (C=O) groups is 3. The first-order valence-electron chi connectivity index (χ1n) is 8.52. The van der Waals surface area contributed by atoms with Crippen LogP contribution in [0.5, 0.6) is 5.75 Å². The molecule has 0 unspecified atom stereocenters. The number of rotatable bonds is 6. The Kier molecular flexibility index (Phi) is 4.83. The highest BCUT2D eigenvalue weighted by molar-refractivity contribution is 6.44. The summed E-state index contributed by atoms with van der Waals surface area (Å²) in [5.41, 5.74) is 1.16. The van der Waals surface area contributed by atoms with Gasteiger partial charge in [0.25, 0.3) is 0 Å². The van der Waals surface area contributed by atoms with E-state index in [-0.39, 0.29) is 19.2 Å². The fourth-order valence-corrected chi connectivity index (χ4v) is 3.31. The highest BCUT2D eigenvalue weighted by Crippen LogP contribution is 2.27. The van der Waals surface area contributed by atoms with Crippen molar-refractivity contribution < 1.29 is 19.1 Å². The average Bonchev–Trinajstić information content (AvgIpc) is 3.18. The molecule has 2 aliphatic rings. The zero-order valence-electron chi connectivity index (χ0n) is 13.9. The highest BCUT2D eigenvalue weighted by atomic mass is 16.5. The standard InChI is InChI=1S/C18H22N2O4/c1-2-13-6-5-9-15(12-13)24-11-10-19-16(21)17(22)20(18(19)23)14-7-3-4-8-14/h5-6,9,12,14H,2-4,7-8,10-11H2,1H3. The Morgan fingerprint density at radius 2 is 1.88 bits per heavy atom. The molecule has 6 nitrogen and oxygen atoms in total. The molecular formula is C18H22N2O4. The molecule has 0 radical (unpaired) electrons. The third kappa shape index (κ3) is 3.13. The highest BCUT2D eigenvalue weighted by Gasteiger charge is 2.47. The molecule has 2 fully saturated rings. The van der Waals surface area contributed by atoms with Gasteiger partial charge in [-0.1, -0.05) is 31.9 Å². The molecule has 0 spiro atoms. The number of urea groups is 1. The molecule has 0 aromatic heterocycles. The van der Waals surface area contributed by atoms with Crippen LogP contribution in [-0.4, -0.2) is 46.8 Å². The zero-order valence-corrected chi connectivity index (χ0v) is 13.9. The number of benzene rings is 1. The first-order valence-corrected chi connectivity index (χ1v) is 8.52. The summed E-state index contributed by atoms with van der Waals surface area (Å²) in [4.78, 5) is 38.7. The van der Waals surface area contributed by atoms with Crippen molar-refractivity contribution in [1.29, 1.82) is 0 Å². The van der Waals surface area contributed by atoms with Crippen molar-refractivity contribution >= 4 is 17.8 Å². The summed E-state index contributed by atoms with van der Waals surface area (Å²) in [5.74, 6) is -0.731. The largest absolute Gasteiger partial charge is 0.492 e. The van der Waals surface area contributed by atoms with Crippen molar-refractivity contribution in [1.82, 2.24) is 9.80 Å². The van der Waals surface area contributed by atoms with Gasteiger partial charge in [-0.15, -0.1) is 0 Å². The lowest BCUT2D eigenvalue weighted by Gasteiger charge is -2.21. The van der Waals surface area contributed by atoms with Crippen molar-refractivity contribution in [2.75, 3.05) is 13.2 Å². The number of aryl methyl sites for hydroxylation is 1. The maximum Gasteiger partial charge on any atom is 0.334 e. The lowest BCUT2D eigenvalue weighted by Crippen LogP contribution is -2.40. The molecule has 1 aromatic carbocycles. The van der Waals surface area contributed by atoms with Crippen LogP contribution in [0.15, 0.2) is 24.3 Å². The number of hydrogen-bond acceptors (Lipinski definition) is 4.